The summed E-state index contributed by atoms with van der Waals surface area (Å²) in [5, 5.41) is 6.23. The number of carbonyl (C=O) groups is 1. The second-order valence-corrected chi connectivity index (χ2v) is 5.28. The van der Waals surface area contributed by atoms with Crippen LogP contribution < -0.4 is 10.6 Å². The Labute approximate surface area is 125 Å². The van der Waals surface area contributed by atoms with Crippen LogP contribution in [0.1, 0.15) is 26.7 Å². The molecule has 0 atom stereocenters. The third kappa shape index (κ3) is 5.04. The molecule has 5 nitrogen and oxygen atoms in total. The maximum absolute atomic E-state index is 11.9. The number of benzene rings is 1. The minimum atomic E-state index is 0.0448. The molecule has 0 radical (unpaired) electrons. The summed E-state index contributed by atoms with van der Waals surface area (Å²) in [6, 6.07) is 8.19. The summed E-state index contributed by atoms with van der Waals surface area (Å²) in [6.45, 7) is 5.06. The highest BCUT2D eigenvalue weighted by molar-refractivity contribution is 5.90. The van der Waals surface area contributed by atoms with Gasteiger partial charge in [-0.2, -0.15) is 0 Å². The van der Waals surface area contributed by atoms with Gasteiger partial charge in [-0.25, -0.2) is 4.98 Å². The SMILES string of the molecule is CC(C)NCCCC(=O)Nc1cccc(-n2ccnc2)c1. The Hall–Kier alpha value is -2.14. The molecule has 112 valence electrons. The smallest absolute Gasteiger partial charge is 0.224 e. The van der Waals surface area contributed by atoms with Gasteiger partial charge >= 0.3 is 0 Å². The zero-order valence-electron chi connectivity index (χ0n) is 12.5. The molecule has 0 saturated heterocycles. The van der Waals surface area contributed by atoms with Crippen molar-refractivity contribution in [2.45, 2.75) is 32.7 Å². The van der Waals surface area contributed by atoms with E-state index < -0.39 is 0 Å². The summed E-state index contributed by atoms with van der Waals surface area (Å²) in [5.74, 6) is 0.0448. The fraction of sp³-hybridized carbons (Fsp3) is 0.375. The number of hydrogen-bond acceptors (Lipinski definition) is 3. The van der Waals surface area contributed by atoms with Crippen molar-refractivity contribution in [2.24, 2.45) is 0 Å². The minimum absolute atomic E-state index is 0.0448. The van der Waals surface area contributed by atoms with Crippen LogP contribution in [0.4, 0.5) is 5.69 Å². The highest BCUT2D eigenvalue weighted by Crippen LogP contribution is 2.14. The molecule has 0 aliphatic carbocycles. The summed E-state index contributed by atoms with van der Waals surface area (Å²) >= 11 is 0. The van der Waals surface area contributed by atoms with Crippen molar-refractivity contribution in [1.82, 2.24) is 14.9 Å². The van der Waals surface area contributed by atoms with Gasteiger partial charge in [0.2, 0.25) is 5.91 Å². The van der Waals surface area contributed by atoms with E-state index in [9.17, 15) is 4.79 Å². The normalized spacial score (nSPS) is 10.8. The molecular formula is C16H22N4O. The highest BCUT2D eigenvalue weighted by Gasteiger charge is 2.04. The lowest BCUT2D eigenvalue weighted by Gasteiger charge is -2.09. The summed E-state index contributed by atoms with van der Waals surface area (Å²) in [5.41, 5.74) is 1.79. The Morgan fingerprint density at radius 3 is 2.95 bits per heavy atom. The molecule has 0 aliphatic heterocycles. The first kappa shape index (κ1) is 15.3. The first-order valence-corrected chi connectivity index (χ1v) is 7.27. The van der Waals surface area contributed by atoms with Gasteiger partial charge in [0, 0.05) is 36.2 Å². The van der Waals surface area contributed by atoms with Gasteiger partial charge in [-0.05, 0) is 31.2 Å². The number of nitrogens with one attached hydrogen (secondary N) is 2. The van der Waals surface area contributed by atoms with Gasteiger partial charge in [-0.15, -0.1) is 0 Å². The molecule has 2 rings (SSSR count). The molecule has 2 aromatic rings. The molecule has 0 fully saturated rings. The van der Waals surface area contributed by atoms with Crippen LogP contribution in [0.25, 0.3) is 5.69 Å². The molecule has 21 heavy (non-hydrogen) atoms. The van der Waals surface area contributed by atoms with Gasteiger partial charge in [0.05, 0.1) is 6.33 Å². The Kier molecular flexibility index (Phi) is 5.51. The molecule has 0 saturated carbocycles. The predicted molar refractivity (Wildman–Crippen MR) is 84.6 cm³/mol. The summed E-state index contributed by atoms with van der Waals surface area (Å²) < 4.78 is 1.90. The molecule has 2 N–H and O–H groups in total. The zero-order valence-corrected chi connectivity index (χ0v) is 12.5. The van der Waals surface area contributed by atoms with Gasteiger partial charge in [0.25, 0.3) is 0 Å². The number of imidazole rings is 1. The van der Waals surface area contributed by atoms with Crippen molar-refractivity contribution in [3.05, 3.63) is 43.0 Å². The lowest BCUT2D eigenvalue weighted by Crippen LogP contribution is -2.24. The van der Waals surface area contributed by atoms with E-state index >= 15 is 0 Å². The summed E-state index contributed by atoms with van der Waals surface area (Å²) in [7, 11) is 0. The lowest BCUT2D eigenvalue weighted by molar-refractivity contribution is -0.116. The van der Waals surface area contributed by atoms with E-state index in [1.807, 2.05) is 35.0 Å². The van der Waals surface area contributed by atoms with Crippen molar-refractivity contribution in [3.8, 4) is 5.69 Å². The van der Waals surface area contributed by atoms with Gasteiger partial charge < -0.3 is 15.2 Å². The Morgan fingerprint density at radius 2 is 2.24 bits per heavy atom. The number of nitrogens with zero attached hydrogens (tertiary/aromatic N) is 2. The third-order valence-electron chi connectivity index (χ3n) is 3.07. The Balaban J connectivity index is 1.85. The van der Waals surface area contributed by atoms with Crippen LogP contribution in [0.2, 0.25) is 0 Å². The molecule has 0 aliphatic rings. The second kappa shape index (κ2) is 7.59. The van der Waals surface area contributed by atoms with Gasteiger partial charge in [-0.1, -0.05) is 19.9 Å². The van der Waals surface area contributed by atoms with E-state index in [-0.39, 0.29) is 5.91 Å². The van der Waals surface area contributed by atoms with E-state index in [0.717, 1.165) is 24.3 Å². The summed E-state index contributed by atoms with van der Waals surface area (Å²) in [4.78, 5) is 15.9. The average molecular weight is 286 g/mol. The lowest BCUT2D eigenvalue weighted by atomic mass is 10.2. The van der Waals surface area contributed by atoms with Crippen LogP contribution in [-0.2, 0) is 4.79 Å². The molecule has 0 spiro atoms. The maximum atomic E-state index is 11.9. The van der Waals surface area contributed by atoms with Gasteiger partial charge in [-0.3, -0.25) is 4.79 Å². The van der Waals surface area contributed by atoms with Crippen LogP contribution in [0.15, 0.2) is 43.0 Å². The molecule has 1 aromatic heterocycles. The van der Waals surface area contributed by atoms with Crippen molar-refractivity contribution < 1.29 is 4.79 Å². The largest absolute Gasteiger partial charge is 0.326 e. The fourth-order valence-electron chi connectivity index (χ4n) is 2.02. The maximum Gasteiger partial charge on any atom is 0.224 e. The van der Waals surface area contributed by atoms with Crippen LogP contribution in [-0.4, -0.2) is 28.0 Å². The molecule has 1 aromatic carbocycles. The molecule has 0 unspecified atom stereocenters. The van der Waals surface area contributed by atoms with E-state index in [1.165, 1.54) is 0 Å². The van der Waals surface area contributed by atoms with Crippen molar-refractivity contribution in [3.63, 3.8) is 0 Å². The first-order chi connectivity index (χ1) is 10.1. The van der Waals surface area contributed by atoms with E-state index in [2.05, 4.69) is 29.5 Å². The van der Waals surface area contributed by atoms with E-state index in [0.29, 0.717) is 12.5 Å². The van der Waals surface area contributed by atoms with Crippen molar-refractivity contribution in [2.75, 3.05) is 11.9 Å². The van der Waals surface area contributed by atoms with Gasteiger partial charge in [0.15, 0.2) is 0 Å². The second-order valence-electron chi connectivity index (χ2n) is 5.28. The van der Waals surface area contributed by atoms with E-state index in [4.69, 9.17) is 0 Å². The number of aromatic nitrogens is 2. The third-order valence-corrected chi connectivity index (χ3v) is 3.07. The quantitative estimate of drug-likeness (QED) is 0.769. The Morgan fingerprint density at radius 1 is 1.38 bits per heavy atom. The number of anilines is 1. The number of hydrogen-bond donors (Lipinski definition) is 2. The Bertz CT molecular complexity index is 563. The number of rotatable bonds is 7. The molecule has 5 heteroatoms. The summed E-state index contributed by atoms with van der Waals surface area (Å²) in [6.07, 6.45) is 6.70. The number of amides is 1. The van der Waals surface area contributed by atoms with Crippen LogP contribution in [0.3, 0.4) is 0 Å². The van der Waals surface area contributed by atoms with Gasteiger partial charge in [0.1, 0.15) is 0 Å². The first-order valence-electron chi connectivity index (χ1n) is 7.27. The number of carbonyl (C=O) groups excluding carboxylic acids is 1. The topological polar surface area (TPSA) is 59.0 Å². The monoisotopic (exact) mass is 286 g/mol. The average Bonchev–Trinajstić information content (AvgIpc) is 2.98. The standard InChI is InChI=1S/C16H22N4O/c1-13(2)18-8-4-7-16(21)19-14-5-3-6-15(11-14)20-10-9-17-12-20/h3,5-6,9-13,18H,4,7-8H2,1-2H3,(H,19,21). The molecule has 0 bridgehead atoms. The van der Waals surface area contributed by atoms with Crippen LogP contribution >= 0.6 is 0 Å². The molecule has 1 amide bonds. The fourth-order valence-corrected chi connectivity index (χ4v) is 2.02. The van der Waals surface area contributed by atoms with E-state index in [1.54, 1.807) is 12.5 Å². The predicted octanol–water partition coefficient (Wildman–Crippen LogP) is 2.59. The van der Waals surface area contributed by atoms with Crippen LogP contribution in [0, 0.1) is 0 Å². The van der Waals surface area contributed by atoms with Crippen molar-refractivity contribution in [1.29, 1.82) is 0 Å². The van der Waals surface area contributed by atoms with Crippen molar-refractivity contribution >= 4 is 11.6 Å². The molecular weight excluding hydrogens is 264 g/mol. The zero-order chi connectivity index (χ0) is 15.1. The minimum Gasteiger partial charge on any atom is -0.326 e. The molecule has 1 heterocycles. The highest BCUT2D eigenvalue weighted by atomic mass is 16.1. The van der Waals surface area contributed by atoms with Crippen LogP contribution in [0.5, 0.6) is 0 Å².